The van der Waals surface area contributed by atoms with Crippen molar-refractivity contribution in [2.75, 3.05) is 17.6 Å². The van der Waals surface area contributed by atoms with E-state index in [1.165, 1.54) is 25.7 Å². The molecule has 1 aliphatic rings. The third kappa shape index (κ3) is 2.88. The molecule has 1 aliphatic carbocycles. The number of anilines is 2. The van der Waals surface area contributed by atoms with Gasteiger partial charge in [0.1, 0.15) is 6.07 Å². The highest BCUT2D eigenvalue weighted by atomic mass is 15.0. The Morgan fingerprint density at radius 1 is 1.47 bits per heavy atom. The number of nitrogens with zero attached hydrogens (tertiary/aromatic N) is 2. The Hall–Kier alpha value is -1.76. The minimum atomic E-state index is 0.460. The maximum absolute atomic E-state index is 8.86. The average Bonchev–Trinajstić information content (AvgIpc) is 2.84. The van der Waals surface area contributed by atoms with Crippen LogP contribution in [0.1, 0.15) is 37.7 Å². The van der Waals surface area contributed by atoms with Gasteiger partial charge < -0.3 is 11.1 Å². The van der Waals surface area contributed by atoms with Crippen LogP contribution in [0.2, 0.25) is 0 Å². The molecule has 0 bridgehead atoms. The van der Waals surface area contributed by atoms with Gasteiger partial charge in [0.15, 0.2) is 5.82 Å². The number of nitrogens with one attached hydrogen (secondary N) is 1. The fourth-order valence-electron chi connectivity index (χ4n) is 2.41. The summed E-state index contributed by atoms with van der Waals surface area (Å²) in [7, 11) is 0. The number of pyridine rings is 1. The maximum Gasteiger partial charge on any atom is 0.150 e. The van der Waals surface area contributed by atoms with Gasteiger partial charge in [-0.25, -0.2) is 4.98 Å². The van der Waals surface area contributed by atoms with Gasteiger partial charge in [-0.15, -0.1) is 0 Å². The second-order valence-corrected chi connectivity index (χ2v) is 4.60. The molecule has 17 heavy (non-hydrogen) atoms. The lowest BCUT2D eigenvalue weighted by molar-refractivity contribution is 0.518. The monoisotopic (exact) mass is 230 g/mol. The summed E-state index contributed by atoms with van der Waals surface area (Å²) >= 11 is 0. The Labute approximate surface area is 102 Å². The Kier molecular flexibility index (Phi) is 3.81. The van der Waals surface area contributed by atoms with E-state index in [2.05, 4.69) is 16.4 Å². The Morgan fingerprint density at radius 3 is 2.94 bits per heavy atom. The molecule has 2 rings (SSSR count). The zero-order chi connectivity index (χ0) is 12.1. The summed E-state index contributed by atoms with van der Waals surface area (Å²) in [6.45, 7) is 0.886. The number of hydrogen-bond donors (Lipinski definition) is 2. The average molecular weight is 230 g/mol. The predicted molar refractivity (Wildman–Crippen MR) is 68.4 cm³/mol. The zero-order valence-electron chi connectivity index (χ0n) is 9.95. The van der Waals surface area contributed by atoms with E-state index in [0.29, 0.717) is 17.1 Å². The highest BCUT2D eigenvalue weighted by molar-refractivity contribution is 5.68. The summed E-state index contributed by atoms with van der Waals surface area (Å²) in [4.78, 5) is 4.16. The first-order chi connectivity index (χ1) is 8.31. The molecule has 0 radical (unpaired) electrons. The number of nitrogen functional groups attached to an aromatic ring is 1. The highest BCUT2D eigenvalue weighted by Gasteiger charge is 2.14. The Morgan fingerprint density at radius 2 is 2.24 bits per heavy atom. The van der Waals surface area contributed by atoms with E-state index in [4.69, 9.17) is 11.0 Å². The highest BCUT2D eigenvalue weighted by Crippen LogP contribution is 2.27. The van der Waals surface area contributed by atoms with Crippen molar-refractivity contribution in [3.8, 4) is 6.07 Å². The number of nitrogens with two attached hydrogens (primary N) is 1. The molecule has 1 heterocycles. The lowest BCUT2D eigenvalue weighted by Crippen LogP contribution is -2.10. The lowest BCUT2D eigenvalue weighted by atomic mass is 10.0. The van der Waals surface area contributed by atoms with E-state index in [1.807, 2.05) is 0 Å². The fraction of sp³-hybridized carbons (Fsp3) is 0.538. The molecule has 0 atom stereocenters. The van der Waals surface area contributed by atoms with Crippen LogP contribution in [0.15, 0.2) is 12.3 Å². The van der Waals surface area contributed by atoms with Gasteiger partial charge in [0.2, 0.25) is 0 Å². The Bertz CT molecular complexity index is 416. The summed E-state index contributed by atoms with van der Waals surface area (Å²) in [6.07, 6.45) is 8.22. The normalized spacial score (nSPS) is 15.7. The molecule has 4 nitrogen and oxygen atoms in total. The molecule has 0 aliphatic heterocycles. The Balaban J connectivity index is 1.88. The first kappa shape index (κ1) is 11.7. The summed E-state index contributed by atoms with van der Waals surface area (Å²) < 4.78 is 0. The van der Waals surface area contributed by atoms with Crippen LogP contribution < -0.4 is 11.1 Å². The smallest absolute Gasteiger partial charge is 0.150 e. The third-order valence-corrected chi connectivity index (χ3v) is 3.43. The quantitative estimate of drug-likeness (QED) is 0.833. The summed E-state index contributed by atoms with van der Waals surface area (Å²) in [5, 5.41) is 12.1. The largest absolute Gasteiger partial charge is 0.395 e. The van der Waals surface area contributed by atoms with Crippen LogP contribution in [-0.2, 0) is 0 Å². The molecular weight excluding hydrogens is 212 g/mol. The summed E-state index contributed by atoms with van der Waals surface area (Å²) in [6, 6.07) is 3.70. The number of aromatic nitrogens is 1. The van der Waals surface area contributed by atoms with Crippen LogP contribution in [0.4, 0.5) is 11.5 Å². The van der Waals surface area contributed by atoms with Gasteiger partial charge in [-0.1, -0.05) is 25.7 Å². The van der Waals surface area contributed by atoms with E-state index in [0.717, 1.165) is 18.9 Å². The maximum atomic E-state index is 8.86. The summed E-state index contributed by atoms with van der Waals surface area (Å²) in [5.74, 6) is 1.49. The number of rotatable bonds is 4. The molecule has 1 aromatic heterocycles. The minimum Gasteiger partial charge on any atom is -0.395 e. The lowest BCUT2D eigenvalue weighted by Gasteiger charge is -2.11. The van der Waals surface area contributed by atoms with E-state index in [1.54, 1.807) is 12.3 Å². The van der Waals surface area contributed by atoms with E-state index < -0.39 is 0 Å². The van der Waals surface area contributed by atoms with Crippen LogP contribution in [0.5, 0.6) is 0 Å². The van der Waals surface area contributed by atoms with Crippen molar-refractivity contribution < 1.29 is 0 Å². The van der Waals surface area contributed by atoms with Crippen molar-refractivity contribution in [2.24, 2.45) is 5.92 Å². The van der Waals surface area contributed by atoms with Crippen LogP contribution >= 0.6 is 0 Å². The number of nitriles is 1. The van der Waals surface area contributed by atoms with Gasteiger partial charge in [0.25, 0.3) is 0 Å². The molecule has 0 spiro atoms. The minimum absolute atomic E-state index is 0.460. The van der Waals surface area contributed by atoms with Gasteiger partial charge in [-0.2, -0.15) is 5.26 Å². The van der Waals surface area contributed by atoms with Crippen molar-refractivity contribution in [3.05, 3.63) is 17.8 Å². The first-order valence-electron chi connectivity index (χ1n) is 6.19. The van der Waals surface area contributed by atoms with Gasteiger partial charge in [0.05, 0.1) is 11.3 Å². The van der Waals surface area contributed by atoms with Crippen LogP contribution in [0, 0.1) is 17.2 Å². The molecule has 90 valence electrons. The van der Waals surface area contributed by atoms with E-state index >= 15 is 0 Å². The van der Waals surface area contributed by atoms with Crippen molar-refractivity contribution in [2.45, 2.75) is 32.1 Å². The third-order valence-electron chi connectivity index (χ3n) is 3.43. The second kappa shape index (κ2) is 5.53. The van der Waals surface area contributed by atoms with Crippen LogP contribution in [0.25, 0.3) is 0 Å². The van der Waals surface area contributed by atoms with Crippen LogP contribution in [0.3, 0.4) is 0 Å². The molecular formula is C13H18N4. The molecule has 1 fully saturated rings. The van der Waals surface area contributed by atoms with Crippen molar-refractivity contribution in [1.29, 1.82) is 5.26 Å². The van der Waals surface area contributed by atoms with Gasteiger partial charge in [-0.05, 0) is 18.4 Å². The topological polar surface area (TPSA) is 74.7 Å². The number of hydrogen-bond acceptors (Lipinski definition) is 4. The molecule has 1 aromatic rings. The van der Waals surface area contributed by atoms with E-state index in [9.17, 15) is 0 Å². The predicted octanol–water partition coefficient (Wildman–Crippen LogP) is 2.53. The molecule has 0 aromatic carbocycles. The van der Waals surface area contributed by atoms with Crippen LogP contribution in [-0.4, -0.2) is 11.5 Å². The van der Waals surface area contributed by atoms with Crippen molar-refractivity contribution in [1.82, 2.24) is 4.98 Å². The van der Waals surface area contributed by atoms with E-state index in [-0.39, 0.29) is 0 Å². The molecule has 0 unspecified atom stereocenters. The van der Waals surface area contributed by atoms with Crippen molar-refractivity contribution >= 4 is 11.5 Å². The van der Waals surface area contributed by atoms with Crippen molar-refractivity contribution in [3.63, 3.8) is 0 Å². The standard InChI is InChI=1S/C13H18N4/c14-9-11-6-8-17-13(12(11)15)16-7-5-10-3-1-2-4-10/h6,8,10H,1-5,7,15H2,(H,16,17). The second-order valence-electron chi connectivity index (χ2n) is 4.60. The van der Waals surface area contributed by atoms with Gasteiger partial charge >= 0.3 is 0 Å². The fourth-order valence-corrected chi connectivity index (χ4v) is 2.41. The van der Waals surface area contributed by atoms with Gasteiger partial charge in [0, 0.05) is 12.7 Å². The molecule has 0 amide bonds. The molecule has 1 saturated carbocycles. The van der Waals surface area contributed by atoms with Gasteiger partial charge in [-0.3, -0.25) is 0 Å². The first-order valence-corrected chi connectivity index (χ1v) is 6.19. The molecule has 3 N–H and O–H groups in total. The SMILES string of the molecule is N#Cc1ccnc(NCCC2CCCC2)c1N. The zero-order valence-corrected chi connectivity index (χ0v) is 9.95. The summed E-state index contributed by atoms with van der Waals surface area (Å²) in [5.41, 5.74) is 6.79. The molecule has 4 heteroatoms. The molecule has 0 saturated heterocycles.